The highest BCUT2D eigenvalue weighted by Gasteiger charge is 2.40. The van der Waals surface area contributed by atoms with Gasteiger partial charge in [-0.2, -0.15) is 0 Å². The minimum absolute atomic E-state index is 0.0561. The summed E-state index contributed by atoms with van der Waals surface area (Å²) in [6.07, 6.45) is 5.45. The van der Waals surface area contributed by atoms with Crippen molar-refractivity contribution in [2.24, 2.45) is 0 Å². The zero-order valence-corrected chi connectivity index (χ0v) is 17.6. The van der Waals surface area contributed by atoms with Crippen LogP contribution in [0.2, 0.25) is 0 Å². The van der Waals surface area contributed by atoms with Crippen LogP contribution < -0.4 is 0 Å². The van der Waals surface area contributed by atoms with Crippen LogP contribution in [0.15, 0.2) is 41.0 Å². The number of phenols is 1. The second kappa shape index (κ2) is 10.2. The zero-order chi connectivity index (χ0) is 20.7. The van der Waals surface area contributed by atoms with Crippen LogP contribution in [-0.4, -0.2) is 47.5 Å². The highest BCUT2D eigenvalue weighted by atomic mass is 32.2. The van der Waals surface area contributed by atoms with Crippen molar-refractivity contribution in [3.05, 3.63) is 46.5 Å². The SMILES string of the molecule is CCCC1=C([C@H](O)CC/C(=C/c2cccc(O)c2)CCC)[C@H](CO)S(=O)(=O)C1. The molecule has 1 aliphatic rings. The number of phenolic OH excluding ortho intramolecular Hbond substituents is 1. The summed E-state index contributed by atoms with van der Waals surface area (Å²) in [7, 11) is -3.43. The van der Waals surface area contributed by atoms with Crippen LogP contribution in [0.25, 0.3) is 6.08 Å². The van der Waals surface area contributed by atoms with Crippen molar-refractivity contribution in [3.63, 3.8) is 0 Å². The van der Waals surface area contributed by atoms with Gasteiger partial charge in [0, 0.05) is 0 Å². The average molecular weight is 409 g/mol. The van der Waals surface area contributed by atoms with Crippen molar-refractivity contribution in [2.75, 3.05) is 12.4 Å². The van der Waals surface area contributed by atoms with Crippen molar-refractivity contribution in [3.8, 4) is 5.75 Å². The topological polar surface area (TPSA) is 94.8 Å². The molecule has 3 N–H and O–H groups in total. The average Bonchev–Trinajstić information content (AvgIpc) is 2.89. The van der Waals surface area contributed by atoms with Crippen molar-refractivity contribution in [1.29, 1.82) is 0 Å². The second-order valence-corrected chi connectivity index (χ2v) is 9.67. The molecule has 156 valence electrons. The van der Waals surface area contributed by atoms with Gasteiger partial charge in [-0.15, -0.1) is 0 Å². The summed E-state index contributed by atoms with van der Waals surface area (Å²) in [6, 6.07) is 7.02. The van der Waals surface area contributed by atoms with Crippen LogP contribution in [0.1, 0.15) is 57.9 Å². The van der Waals surface area contributed by atoms with E-state index in [0.717, 1.165) is 36.0 Å². The van der Waals surface area contributed by atoms with Gasteiger partial charge in [0.25, 0.3) is 0 Å². The lowest BCUT2D eigenvalue weighted by Crippen LogP contribution is -2.29. The first kappa shape index (κ1) is 22.7. The highest BCUT2D eigenvalue weighted by Crippen LogP contribution is 2.34. The molecule has 1 aromatic rings. The molecule has 1 aromatic carbocycles. The number of aliphatic hydroxyl groups excluding tert-OH is 2. The highest BCUT2D eigenvalue weighted by molar-refractivity contribution is 7.92. The molecule has 0 aromatic heterocycles. The Kier molecular flexibility index (Phi) is 8.28. The van der Waals surface area contributed by atoms with Gasteiger partial charge in [-0.3, -0.25) is 0 Å². The van der Waals surface area contributed by atoms with E-state index in [-0.39, 0.29) is 11.5 Å². The molecule has 1 aliphatic heterocycles. The van der Waals surface area contributed by atoms with Crippen LogP contribution in [0, 0.1) is 0 Å². The Morgan fingerprint density at radius 3 is 2.61 bits per heavy atom. The van der Waals surface area contributed by atoms with E-state index in [2.05, 4.69) is 6.92 Å². The van der Waals surface area contributed by atoms with Crippen molar-refractivity contribution >= 4 is 15.9 Å². The van der Waals surface area contributed by atoms with E-state index in [0.29, 0.717) is 24.8 Å². The fourth-order valence-corrected chi connectivity index (χ4v) is 5.88. The molecule has 2 rings (SSSR count). The van der Waals surface area contributed by atoms with Crippen molar-refractivity contribution in [1.82, 2.24) is 0 Å². The van der Waals surface area contributed by atoms with Gasteiger partial charge in [-0.05, 0) is 49.0 Å². The van der Waals surface area contributed by atoms with E-state index in [1.807, 2.05) is 19.1 Å². The fourth-order valence-electron chi connectivity index (χ4n) is 3.95. The third-order valence-electron chi connectivity index (χ3n) is 5.19. The molecule has 0 unspecified atom stereocenters. The molecular weight excluding hydrogens is 376 g/mol. The number of aromatic hydroxyl groups is 1. The Morgan fingerprint density at radius 1 is 1.25 bits per heavy atom. The summed E-state index contributed by atoms with van der Waals surface area (Å²) in [5.41, 5.74) is 3.33. The number of allylic oxidation sites excluding steroid dienone is 1. The number of aliphatic hydroxyl groups is 2. The zero-order valence-electron chi connectivity index (χ0n) is 16.8. The van der Waals surface area contributed by atoms with Crippen molar-refractivity contribution < 1.29 is 23.7 Å². The lowest BCUT2D eigenvalue weighted by atomic mass is 9.92. The van der Waals surface area contributed by atoms with Gasteiger partial charge in [0.2, 0.25) is 0 Å². The molecule has 0 aliphatic carbocycles. The normalized spacial score (nSPS) is 20.6. The third kappa shape index (κ3) is 5.69. The first-order valence-electron chi connectivity index (χ1n) is 10.0. The Bertz CT molecular complexity index is 823. The molecule has 0 saturated heterocycles. The lowest BCUT2D eigenvalue weighted by molar-refractivity contribution is 0.188. The Balaban J connectivity index is 2.18. The van der Waals surface area contributed by atoms with E-state index in [1.54, 1.807) is 18.2 Å². The lowest BCUT2D eigenvalue weighted by Gasteiger charge is -2.20. The number of rotatable bonds is 10. The van der Waals surface area contributed by atoms with Gasteiger partial charge < -0.3 is 15.3 Å². The van der Waals surface area contributed by atoms with E-state index in [4.69, 9.17) is 0 Å². The molecule has 2 atom stereocenters. The molecule has 0 amide bonds. The molecule has 0 radical (unpaired) electrons. The Labute approximate surface area is 168 Å². The summed E-state index contributed by atoms with van der Waals surface area (Å²) in [5, 5.41) is 29.1. The maximum atomic E-state index is 12.4. The number of hydrogen-bond donors (Lipinski definition) is 3. The van der Waals surface area contributed by atoms with E-state index < -0.39 is 27.8 Å². The second-order valence-electron chi connectivity index (χ2n) is 7.49. The van der Waals surface area contributed by atoms with Crippen LogP contribution in [0.4, 0.5) is 0 Å². The first-order chi connectivity index (χ1) is 13.3. The van der Waals surface area contributed by atoms with Gasteiger partial charge in [-0.1, -0.05) is 56.0 Å². The summed E-state index contributed by atoms with van der Waals surface area (Å²) >= 11 is 0. The summed E-state index contributed by atoms with van der Waals surface area (Å²) < 4.78 is 24.7. The molecule has 0 fully saturated rings. The van der Waals surface area contributed by atoms with E-state index in [1.165, 1.54) is 0 Å². The van der Waals surface area contributed by atoms with E-state index >= 15 is 0 Å². The Morgan fingerprint density at radius 2 is 2.00 bits per heavy atom. The minimum Gasteiger partial charge on any atom is -0.508 e. The molecule has 0 spiro atoms. The number of sulfone groups is 1. The van der Waals surface area contributed by atoms with Crippen molar-refractivity contribution in [2.45, 2.75) is 63.7 Å². The summed E-state index contributed by atoms with van der Waals surface area (Å²) in [5.74, 6) is 0.153. The van der Waals surface area contributed by atoms with Gasteiger partial charge in [0.1, 0.15) is 11.0 Å². The molecule has 28 heavy (non-hydrogen) atoms. The van der Waals surface area contributed by atoms with Gasteiger partial charge in [0.05, 0.1) is 18.5 Å². The molecule has 5 nitrogen and oxygen atoms in total. The predicted octanol–water partition coefficient (Wildman–Crippen LogP) is 3.60. The van der Waals surface area contributed by atoms with Crippen LogP contribution >= 0.6 is 0 Å². The summed E-state index contributed by atoms with van der Waals surface area (Å²) in [6.45, 7) is 3.58. The van der Waals surface area contributed by atoms with E-state index in [9.17, 15) is 23.7 Å². The number of benzene rings is 1. The van der Waals surface area contributed by atoms with Gasteiger partial charge in [-0.25, -0.2) is 8.42 Å². The minimum atomic E-state index is -3.43. The smallest absolute Gasteiger partial charge is 0.163 e. The first-order valence-corrected chi connectivity index (χ1v) is 11.7. The van der Waals surface area contributed by atoms with Crippen LogP contribution in [0.5, 0.6) is 5.75 Å². The van der Waals surface area contributed by atoms with Gasteiger partial charge >= 0.3 is 0 Å². The molecule has 0 saturated carbocycles. The largest absolute Gasteiger partial charge is 0.508 e. The number of hydrogen-bond acceptors (Lipinski definition) is 5. The fraction of sp³-hybridized carbons (Fsp3) is 0.545. The molecular formula is C22H32O5S. The molecule has 6 heteroatoms. The van der Waals surface area contributed by atoms with Gasteiger partial charge in [0.15, 0.2) is 9.84 Å². The predicted molar refractivity (Wildman–Crippen MR) is 113 cm³/mol. The van der Waals surface area contributed by atoms with Crippen LogP contribution in [0.3, 0.4) is 0 Å². The molecule has 1 heterocycles. The monoisotopic (exact) mass is 408 g/mol. The Hall–Kier alpha value is -1.63. The molecule has 0 bridgehead atoms. The third-order valence-corrected chi connectivity index (χ3v) is 7.21. The summed E-state index contributed by atoms with van der Waals surface area (Å²) in [4.78, 5) is 0. The van der Waals surface area contributed by atoms with Crippen LogP contribution in [-0.2, 0) is 9.84 Å². The maximum absolute atomic E-state index is 12.4. The quantitative estimate of drug-likeness (QED) is 0.514. The maximum Gasteiger partial charge on any atom is 0.163 e. The standard InChI is InChI=1S/C22H32O5S/c1-3-6-16(12-17-8-5-9-19(24)13-17)10-11-20(25)22-18(7-4-2)15-28(26,27)21(22)14-23/h5,8-9,12-13,20-21,23-25H,3-4,6-7,10-11,14-15H2,1-2H3/b16-12+/t20-,21+/m1/s1.